The molecule has 3 aromatic carbocycles. The zero-order valence-electron chi connectivity index (χ0n) is 16.9. The summed E-state index contributed by atoms with van der Waals surface area (Å²) in [6, 6.07) is 23.0. The van der Waals surface area contributed by atoms with E-state index in [2.05, 4.69) is 10.6 Å². The molecular formula is C25H24N2O3. The highest BCUT2D eigenvalue weighted by atomic mass is 16.2. The maximum Gasteiger partial charge on any atom is 0.252 e. The normalized spacial score (nSPS) is 10.3. The summed E-state index contributed by atoms with van der Waals surface area (Å²) >= 11 is 0. The Morgan fingerprint density at radius 3 is 2.07 bits per heavy atom. The first kappa shape index (κ1) is 21.0. The Morgan fingerprint density at radius 2 is 1.40 bits per heavy atom. The van der Waals surface area contributed by atoms with Crippen LogP contribution in [0.25, 0.3) is 0 Å². The van der Waals surface area contributed by atoms with Gasteiger partial charge in [-0.3, -0.25) is 14.4 Å². The number of nitrogens with one attached hydrogen (secondary N) is 2. The SMILES string of the molecule is CCCC(=O)Nc1ccc(CNC(=O)c2ccccc2C(=O)c2ccccc2)cc1. The van der Waals surface area contributed by atoms with E-state index in [0.717, 1.165) is 17.7 Å². The van der Waals surface area contributed by atoms with Gasteiger partial charge in [-0.05, 0) is 30.2 Å². The van der Waals surface area contributed by atoms with Gasteiger partial charge < -0.3 is 10.6 Å². The van der Waals surface area contributed by atoms with Crippen LogP contribution in [0.2, 0.25) is 0 Å². The molecule has 0 spiro atoms. The molecule has 0 bridgehead atoms. The number of ketones is 1. The van der Waals surface area contributed by atoms with Crippen molar-refractivity contribution in [3.05, 3.63) is 101 Å². The maximum atomic E-state index is 12.8. The lowest BCUT2D eigenvalue weighted by Crippen LogP contribution is -2.25. The number of rotatable bonds is 8. The van der Waals surface area contributed by atoms with Crippen LogP contribution in [0.5, 0.6) is 0 Å². The van der Waals surface area contributed by atoms with Crippen molar-refractivity contribution in [2.24, 2.45) is 0 Å². The highest BCUT2D eigenvalue weighted by molar-refractivity contribution is 6.15. The Morgan fingerprint density at radius 1 is 0.767 bits per heavy atom. The average Bonchev–Trinajstić information content (AvgIpc) is 2.78. The van der Waals surface area contributed by atoms with Crippen molar-refractivity contribution in [1.82, 2.24) is 5.32 Å². The molecule has 0 atom stereocenters. The Balaban J connectivity index is 1.66. The van der Waals surface area contributed by atoms with Crippen LogP contribution >= 0.6 is 0 Å². The van der Waals surface area contributed by atoms with Crippen molar-refractivity contribution >= 4 is 23.3 Å². The van der Waals surface area contributed by atoms with E-state index in [4.69, 9.17) is 0 Å². The predicted octanol–water partition coefficient (Wildman–Crippen LogP) is 4.59. The van der Waals surface area contributed by atoms with Gasteiger partial charge in [0.1, 0.15) is 0 Å². The number of hydrogen-bond donors (Lipinski definition) is 2. The summed E-state index contributed by atoms with van der Waals surface area (Å²) in [7, 11) is 0. The monoisotopic (exact) mass is 400 g/mol. The van der Waals surface area contributed by atoms with Crippen molar-refractivity contribution in [3.63, 3.8) is 0 Å². The van der Waals surface area contributed by atoms with Gasteiger partial charge >= 0.3 is 0 Å². The molecular weight excluding hydrogens is 376 g/mol. The first-order chi connectivity index (χ1) is 14.6. The zero-order valence-corrected chi connectivity index (χ0v) is 16.9. The van der Waals surface area contributed by atoms with Gasteiger partial charge in [0, 0.05) is 29.8 Å². The van der Waals surface area contributed by atoms with Crippen LogP contribution in [0, 0.1) is 0 Å². The highest BCUT2D eigenvalue weighted by Crippen LogP contribution is 2.15. The second-order valence-corrected chi connectivity index (χ2v) is 6.92. The molecule has 0 aliphatic carbocycles. The number of carbonyl (C=O) groups is 3. The summed E-state index contributed by atoms with van der Waals surface area (Å²) in [6.07, 6.45) is 1.28. The molecule has 2 N–H and O–H groups in total. The van der Waals surface area contributed by atoms with Crippen molar-refractivity contribution < 1.29 is 14.4 Å². The first-order valence-electron chi connectivity index (χ1n) is 9.94. The van der Waals surface area contributed by atoms with Gasteiger partial charge in [0.05, 0.1) is 5.56 Å². The summed E-state index contributed by atoms with van der Waals surface area (Å²) in [5.74, 6) is -0.512. The maximum absolute atomic E-state index is 12.8. The van der Waals surface area contributed by atoms with E-state index in [0.29, 0.717) is 29.7 Å². The van der Waals surface area contributed by atoms with E-state index >= 15 is 0 Å². The van der Waals surface area contributed by atoms with Crippen LogP contribution in [0.4, 0.5) is 5.69 Å². The minimum atomic E-state index is -0.310. The Hall–Kier alpha value is -3.73. The number of benzene rings is 3. The number of carbonyl (C=O) groups excluding carboxylic acids is 3. The molecule has 0 aliphatic rings. The zero-order chi connectivity index (χ0) is 21.3. The van der Waals surface area contributed by atoms with E-state index < -0.39 is 0 Å². The Kier molecular flexibility index (Phi) is 7.11. The van der Waals surface area contributed by atoms with E-state index in [1.54, 1.807) is 48.5 Å². The van der Waals surface area contributed by atoms with Crippen LogP contribution in [-0.4, -0.2) is 17.6 Å². The lowest BCUT2D eigenvalue weighted by atomic mass is 9.98. The molecule has 5 heteroatoms. The minimum Gasteiger partial charge on any atom is -0.348 e. The molecule has 0 heterocycles. The second-order valence-electron chi connectivity index (χ2n) is 6.92. The molecule has 3 rings (SSSR count). The largest absolute Gasteiger partial charge is 0.348 e. The van der Waals surface area contributed by atoms with E-state index in [9.17, 15) is 14.4 Å². The molecule has 0 saturated carbocycles. The van der Waals surface area contributed by atoms with Gasteiger partial charge in [-0.2, -0.15) is 0 Å². The van der Waals surface area contributed by atoms with Crippen LogP contribution in [0.1, 0.15) is 51.6 Å². The van der Waals surface area contributed by atoms with Gasteiger partial charge in [-0.25, -0.2) is 0 Å². The molecule has 0 unspecified atom stereocenters. The summed E-state index contributed by atoms with van der Waals surface area (Å²) < 4.78 is 0. The van der Waals surface area contributed by atoms with Crippen molar-refractivity contribution in [3.8, 4) is 0 Å². The molecule has 0 radical (unpaired) electrons. The first-order valence-corrected chi connectivity index (χ1v) is 9.94. The lowest BCUT2D eigenvalue weighted by molar-refractivity contribution is -0.116. The molecule has 0 saturated heterocycles. The summed E-state index contributed by atoms with van der Waals surface area (Å²) in [6.45, 7) is 2.27. The van der Waals surface area contributed by atoms with Gasteiger partial charge in [-0.15, -0.1) is 0 Å². The molecule has 0 fully saturated rings. The minimum absolute atomic E-state index is 0.0155. The Labute approximate surface area is 176 Å². The predicted molar refractivity (Wildman–Crippen MR) is 117 cm³/mol. The van der Waals surface area contributed by atoms with Crippen LogP contribution < -0.4 is 10.6 Å². The number of hydrogen-bond acceptors (Lipinski definition) is 3. The van der Waals surface area contributed by atoms with Crippen molar-refractivity contribution in [2.75, 3.05) is 5.32 Å². The molecule has 0 aromatic heterocycles. The standard InChI is InChI=1S/C25H24N2O3/c1-2-8-23(28)27-20-15-13-18(14-16-20)17-26-25(30)22-12-7-6-11-21(22)24(29)19-9-4-3-5-10-19/h3-7,9-16H,2,8,17H2,1H3,(H,26,30)(H,27,28). The third-order valence-corrected chi connectivity index (χ3v) is 4.62. The fourth-order valence-electron chi connectivity index (χ4n) is 3.06. The second kappa shape index (κ2) is 10.2. The molecule has 152 valence electrons. The lowest BCUT2D eigenvalue weighted by Gasteiger charge is -2.10. The molecule has 30 heavy (non-hydrogen) atoms. The smallest absolute Gasteiger partial charge is 0.252 e. The molecule has 3 aromatic rings. The van der Waals surface area contributed by atoms with Crippen LogP contribution in [0.15, 0.2) is 78.9 Å². The topological polar surface area (TPSA) is 75.3 Å². The van der Waals surface area contributed by atoms with Crippen molar-refractivity contribution in [1.29, 1.82) is 0 Å². The van der Waals surface area contributed by atoms with E-state index in [1.807, 2.05) is 37.3 Å². The quantitative estimate of drug-likeness (QED) is 0.543. The third kappa shape index (κ3) is 5.41. The van der Waals surface area contributed by atoms with E-state index in [1.165, 1.54) is 0 Å². The number of amides is 2. The summed E-state index contributed by atoms with van der Waals surface area (Å²) in [5.41, 5.74) is 2.87. The van der Waals surface area contributed by atoms with Crippen LogP contribution in [-0.2, 0) is 11.3 Å². The average molecular weight is 400 g/mol. The number of anilines is 1. The Bertz CT molecular complexity index is 1030. The highest BCUT2D eigenvalue weighted by Gasteiger charge is 2.17. The van der Waals surface area contributed by atoms with Crippen LogP contribution in [0.3, 0.4) is 0 Å². The molecule has 5 nitrogen and oxygen atoms in total. The van der Waals surface area contributed by atoms with Gasteiger partial charge in [0.15, 0.2) is 5.78 Å². The fraction of sp³-hybridized carbons (Fsp3) is 0.160. The van der Waals surface area contributed by atoms with Gasteiger partial charge in [-0.1, -0.05) is 67.6 Å². The van der Waals surface area contributed by atoms with Gasteiger partial charge in [0.2, 0.25) is 5.91 Å². The fourth-order valence-corrected chi connectivity index (χ4v) is 3.06. The van der Waals surface area contributed by atoms with Gasteiger partial charge in [0.25, 0.3) is 5.91 Å². The molecule has 2 amide bonds. The van der Waals surface area contributed by atoms with E-state index in [-0.39, 0.29) is 17.6 Å². The van der Waals surface area contributed by atoms with Crippen molar-refractivity contribution in [2.45, 2.75) is 26.3 Å². The molecule has 0 aliphatic heterocycles. The third-order valence-electron chi connectivity index (χ3n) is 4.62. The summed E-state index contributed by atoms with van der Waals surface area (Å²) in [4.78, 5) is 37.2. The summed E-state index contributed by atoms with van der Waals surface area (Å²) in [5, 5.41) is 5.70.